The van der Waals surface area contributed by atoms with Crippen molar-refractivity contribution >= 4 is 17.2 Å². The molecule has 0 bridgehead atoms. The number of nitrogens with one attached hydrogen (secondary N) is 1. The second-order valence-electron chi connectivity index (χ2n) is 4.42. The molecule has 0 radical (unpaired) electrons. The molecule has 0 saturated heterocycles. The molecule has 0 fully saturated rings. The SMILES string of the molecule is CCc1nc(CCOc2ccc(OC)cc2)sc1C(=N)N. The fraction of sp³-hybridized carbons (Fsp3) is 0.333. The average Bonchev–Trinajstić information content (AvgIpc) is 2.91. The summed E-state index contributed by atoms with van der Waals surface area (Å²) in [5, 5.41) is 8.50. The molecule has 0 unspecified atom stereocenters. The molecule has 2 aromatic rings. The number of hydrogen-bond donors (Lipinski definition) is 2. The standard InChI is InChI=1S/C15H19N3O2S/c1-3-12-14(15(16)17)21-13(18-12)8-9-20-11-6-4-10(19-2)5-7-11/h4-7H,3,8-9H2,1-2H3,(H3,16,17). The minimum absolute atomic E-state index is 0.0895. The number of rotatable bonds is 7. The van der Waals surface area contributed by atoms with Gasteiger partial charge in [-0.2, -0.15) is 0 Å². The molecule has 0 aliphatic rings. The summed E-state index contributed by atoms with van der Waals surface area (Å²) in [6.45, 7) is 2.56. The van der Waals surface area contributed by atoms with Crippen LogP contribution in [0.15, 0.2) is 24.3 Å². The maximum atomic E-state index is 7.55. The van der Waals surface area contributed by atoms with Gasteiger partial charge in [-0.25, -0.2) is 4.98 Å². The van der Waals surface area contributed by atoms with Gasteiger partial charge in [-0.1, -0.05) is 6.92 Å². The number of benzene rings is 1. The molecule has 2 rings (SSSR count). The van der Waals surface area contributed by atoms with E-state index < -0.39 is 0 Å². The van der Waals surface area contributed by atoms with Crippen molar-refractivity contribution in [3.8, 4) is 11.5 Å². The van der Waals surface area contributed by atoms with Crippen LogP contribution in [0.4, 0.5) is 0 Å². The molecule has 1 aromatic heterocycles. The van der Waals surface area contributed by atoms with Crippen LogP contribution in [0, 0.1) is 5.41 Å². The lowest BCUT2D eigenvalue weighted by Gasteiger charge is -2.05. The van der Waals surface area contributed by atoms with Gasteiger partial charge in [0, 0.05) is 6.42 Å². The lowest BCUT2D eigenvalue weighted by Crippen LogP contribution is -2.11. The lowest BCUT2D eigenvalue weighted by molar-refractivity contribution is 0.321. The van der Waals surface area contributed by atoms with Gasteiger partial charge in [0.1, 0.15) is 17.3 Å². The Morgan fingerprint density at radius 3 is 2.48 bits per heavy atom. The van der Waals surface area contributed by atoms with Crippen molar-refractivity contribution in [3.63, 3.8) is 0 Å². The van der Waals surface area contributed by atoms with E-state index in [1.54, 1.807) is 7.11 Å². The Balaban J connectivity index is 1.92. The molecule has 21 heavy (non-hydrogen) atoms. The van der Waals surface area contributed by atoms with Gasteiger partial charge in [0.05, 0.1) is 29.3 Å². The van der Waals surface area contributed by atoms with Crippen LogP contribution in [0.3, 0.4) is 0 Å². The summed E-state index contributed by atoms with van der Waals surface area (Å²) in [5.41, 5.74) is 6.46. The zero-order valence-corrected chi connectivity index (χ0v) is 13.0. The molecule has 0 atom stereocenters. The summed E-state index contributed by atoms with van der Waals surface area (Å²) in [6, 6.07) is 7.47. The fourth-order valence-electron chi connectivity index (χ4n) is 1.89. The highest BCUT2D eigenvalue weighted by Gasteiger charge is 2.12. The van der Waals surface area contributed by atoms with Crippen molar-refractivity contribution in [2.24, 2.45) is 5.73 Å². The number of methoxy groups -OCH3 is 1. The van der Waals surface area contributed by atoms with Crippen LogP contribution >= 0.6 is 11.3 Å². The Labute approximate surface area is 128 Å². The van der Waals surface area contributed by atoms with Crippen molar-refractivity contribution in [1.29, 1.82) is 5.41 Å². The quantitative estimate of drug-likeness (QED) is 0.608. The molecule has 112 valence electrons. The summed E-state index contributed by atoms with van der Waals surface area (Å²) in [6.07, 6.45) is 1.49. The normalized spacial score (nSPS) is 10.4. The van der Waals surface area contributed by atoms with Gasteiger partial charge in [0.25, 0.3) is 0 Å². The van der Waals surface area contributed by atoms with Crippen molar-refractivity contribution in [2.45, 2.75) is 19.8 Å². The van der Waals surface area contributed by atoms with E-state index in [9.17, 15) is 0 Å². The second-order valence-corrected chi connectivity index (χ2v) is 5.51. The first-order valence-corrected chi connectivity index (χ1v) is 7.55. The van der Waals surface area contributed by atoms with Gasteiger partial charge in [0.2, 0.25) is 0 Å². The minimum Gasteiger partial charge on any atom is -0.497 e. The van der Waals surface area contributed by atoms with Crippen molar-refractivity contribution in [1.82, 2.24) is 4.98 Å². The van der Waals surface area contributed by atoms with Gasteiger partial charge in [-0.15, -0.1) is 11.3 Å². The molecule has 0 amide bonds. The highest BCUT2D eigenvalue weighted by Crippen LogP contribution is 2.20. The first-order valence-electron chi connectivity index (χ1n) is 6.73. The van der Waals surface area contributed by atoms with Crippen LogP contribution < -0.4 is 15.2 Å². The third kappa shape index (κ3) is 3.95. The molecular formula is C15H19N3O2S. The third-order valence-electron chi connectivity index (χ3n) is 2.97. The number of hydrogen-bond acceptors (Lipinski definition) is 5. The molecule has 1 heterocycles. The number of nitrogens with zero attached hydrogens (tertiary/aromatic N) is 1. The van der Waals surface area contributed by atoms with E-state index in [1.807, 2.05) is 31.2 Å². The van der Waals surface area contributed by atoms with E-state index in [4.69, 9.17) is 20.6 Å². The minimum atomic E-state index is 0.0895. The van der Waals surface area contributed by atoms with Crippen molar-refractivity contribution in [2.75, 3.05) is 13.7 Å². The molecule has 0 spiro atoms. The smallest absolute Gasteiger partial charge is 0.135 e. The Bertz CT molecular complexity index is 608. The number of ether oxygens (including phenoxy) is 2. The monoisotopic (exact) mass is 305 g/mol. The zero-order valence-electron chi connectivity index (χ0n) is 12.2. The molecular weight excluding hydrogens is 286 g/mol. The second kappa shape index (κ2) is 7.08. The van der Waals surface area contributed by atoms with E-state index in [0.717, 1.165) is 33.5 Å². The molecule has 3 N–H and O–H groups in total. The van der Waals surface area contributed by atoms with E-state index >= 15 is 0 Å². The molecule has 0 aliphatic heterocycles. The van der Waals surface area contributed by atoms with E-state index in [1.165, 1.54) is 11.3 Å². The fourth-order valence-corrected chi connectivity index (χ4v) is 2.88. The number of thiazole rings is 1. The zero-order chi connectivity index (χ0) is 15.2. The average molecular weight is 305 g/mol. The summed E-state index contributed by atoms with van der Waals surface area (Å²) in [7, 11) is 1.64. The molecule has 6 heteroatoms. The first-order chi connectivity index (χ1) is 10.1. The van der Waals surface area contributed by atoms with Gasteiger partial charge < -0.3 is 15.2 Å². The van der Waals surface area contributed by atoms with Crippen LogP contribution in [0.5, 0.6) is 11.5 Å². The number of nitrogens with two attached hydrogens (primary N) is 1. The lowest BCUT2D eigenvalue weighted by atomic mass is 10.3. The van der Waals surface area contributed by atoms with Gasteiger partial charge in [-0.05, 0) is 30.7 Å². The van der Waals surface area contributed by atoms with Gasteiger partial charge >= 0.3 is 0 Å². The van der Waals surface area contributed by atoms with Gasteiger partial charge in [0.15, 0.2) is 0 Å². The van der Waals surface area contributed by atoms with Crippen LogP contribution in [0.2, 0.25) is 0 Å². The topological polar surface area (TPSA) is 81.2 Å². The molecule has 0 aliphatic carbocycles. The van der Waals surface area contributed by atoms with Crippen LogP contribution in [-0.2, 0) is 12.8 Å². The Hall–Kier alpha value is -2.08. The Morgan fingerprint density at radius 2 is 1.95 bits per heavy atom. The predicted octanol–water partition coefficient (Wildman–Crippen LogP) is 2.62. The number of aryl methyl sites for hydroxylation is 1. The largest absolute Gasteiger partial charge is 0.497 e. The van der Waals surface area contributed by atoms with Crippen molar-refractivity contribution in [3.05, 3.63) is 39.8 Å². The van der Waals surface area contributed by atoms with E-state index in [2.05, 4.69) is 4.98 Å². The first kappa shape index (κ1) is 15.3. The highest BCUT2D eigenvalue weighted by atomic mass is 32.1. The number of aromatic nitrogens is 1. The summed E-state index contributed by atoms with van der Waals surface area (Å²) >= 11 is 1.47. The maximum absolute atomic E-state index is 7.55. The summed E-state index contributed by atoms with van der Waals surface area (Å²) < 4.78 is 10.8. The highest BCUT2D eigenvalue weighted by molar-refractivity contribution is 7.13. The molecule has 5 nitrogen and oxygen atoms in total. The number of amidine groups is 1. The molecule has 0 saturated carbocycles. The summed E-state index contributed by atoms with van der Waals surface area (Å²) in [5.74, 6) is 1.70. The van der Waals surface area contributed by atoms with Crippen LogP contribution in [0.25, 0.3) is 0 Å². The van der Waals surface area contributed by atoms with E-state index in [-0.39, 0.29) is 5.84 Å². The van der Waals surface area contributed by atoms with Crippen molar-refractivity contribution < 1.29 is 9.47 Å². The Morgan fingerprint density at radius 1 is 1.29 bits per heavy atom. The third-order valence-corrected chi connectivity index (χ3v) is 4.16. The van der Waals surface area contributed by atoms with Gasteiger partial charge in [-0.3, -0.25) is 5.41 Å². The summed E-state index contributed by atoms with van der Waals surface area (Å²) in [4.78, 5) is 5.28. The van der Waals surface area contributed by atoms with Crippen LogP contribution in [-0.4, -0.2) is 24.5 Å². The Kier molecular flexibility index (Phi) is 5.16. The van der Waals surface area contributed by atoms with Crippen LogP contribution in [0.1, 0.15) is 22.5 Å². The predicted molar refractivity (Wildman–Crippen MR) is 84.7 cm³/mol. The molecule has 1 aromatic carbocycles. The van der Waals surface area contributed by atoms with E-state index in [0.29, 0.717) is 13.0 Å². The number of nitrogen functional groups attached to an aromatic ring is 1. The maximum Gasteiger partial charge on any atom is 0.135 e.